The van der Waals surface area contributed by atoms with Crippen molar-refractivity contribution >= 4 is 34.7 Å². The third kappa shape index (κ3) is 3.25. The van der Waals surface area contributed by atoms with Gasteiger partial charge in [-0.1, -0.05) is 0 Å². The van der Waals surface area contributed by atoms with E-state index >= 15 is 0 Å². The van der Waals surface area contributed by atoms with E-state index in [1.807, 2.05) is 0 Å². The fourth-order valence-electron chi connectivity index (χ4n) is 1.39. The fraction of sp³-hybridized carbons (Fsp3) is 0.333. The van der Waals surface area contributed by atoms with E-state index in [0.717, 1.165) is 0 Å². The molecular formula is C12H14N2O4S. The van der Waals surface area contributed by atoms with E-state index in [-0.39, 0.29) is 11.4 Å². The van der Waals surface area contributed by atoms with Crippen LogP contribution < -0.4 is 0 Å². The van der Waals surface area contributed by atoms with E-state index in [9.17, 15) is 9.59 Å². The third-order valence-electron chi connectivity index (χ3n) is 2.28. The summed E-state index contributed by atoms with van der Waals surface area (Å²) in [5, 5.41) is 0. The Hall–Kier alpha value is -2.02. The molecule has 102 valence electrons. The molecule has 19 heavy (non-hydrogen) atoms. The first-order valence-corrected chi connectivity index (χ1v) is 6.11. The Balaban J connectivity index is 3.12. The molecule has 1 rings (SSSR count). The number of ether oxygens (including phenoxy) is 2. The molecule has 0 N–H and O–H groups in total. The number of thiophene rings is 1. The van der Waals surface area contributed by atoms with Gasteiger partial charge in [0.15, 0.2) is 11.4 Å². The van der Waals surface area contributed by atoms with Crippen LogP contribution in [-0.4, -0.2) is 51.7 Å². The summed E-state index contributed by atoms with van der Waals surface area (Å²) in [6.45, 7) is 0. The number of nitrogens with zero attached hydrogens (tertiary/aromatic N) is 2. The first-order valence-electron chi connectivity index (χ1n) is 5.29. The van der Waals surface area contributed by atoms with Gasteiger partial charge in [0, 0.05) is 14.1 Å². The summed E-state index contributed by atoms with van der Waals surface area (Å²) in [6.07, 6.45) is 0. The predicted molar refractivity (Wildman–Crippen MR) is 73.3 cm³/mol. The van der Waals surface area contributed by atoms with Crippen LogP contribution in [0.5, 0.6) is 0 Å². The second-order valence-electron chi connectivity index (χ2n) is 3.29. The Bertz CT molecular complexity index is 499. The summed E-state index contributed by atoms with van der Waals surface area (Å²) < 4.78 is 9.27. The van der Waals surface area contributed by atoms with Crippen LogP contribution in [0.4, 0.5) is 0 Å². The normalized spacial score (nSPS) is 12.2. The molecule has 0 unspecified atom stereocenters. The van der Waals surface area contributed by atoms with Crippen LogP contribution in [0.15, 0.2) is 22.1 Å². The standard InChI is InChI=1S/C12H14N2O4S/c1-13-9(11(15)17-3)7-5-6-8(19-7)10(14-2)12(16)18-4/h5-6H,1-4H3. The van der Waals surface area contributed by atoms with Gasteiger partial charge in [-0.15, -0.1) is 11.3 Å². The first kappa shape index (κ1) is 15.0. The maximum Gasteiger partial charge on any atom is 0.357 e. The lowest BCUT2D eigenvalue weighted by atomic mass is 10.2. The average Bonchev–Trinajstić information content (AvgIpc) is 2.89. The Morgan fingerprint density at radius 3 is 1.58 bits per heavy atom. The quantitative estimate of drug-likeness (QED) is 0.608. The molecule has 1 aromatic heterocycles. The van der Waals surface area contributed by atoms with Crippen molar-refractivity contribution in [2.45, 2.75) is 0 Å². The molecule has 0 amide bonds. The molecule has 0 spiro atoms. The summed E-state index contributed by atoms with van der Waals surface area (Å²) in [5.41, 5.74) is 0.415. The monoisotopic (exact) mass is 282 g/mol. The molecule has 0 saturated heterocycles. The topological polar surface area (TPSA) is 77.3 Å². The maximum absolute atomic E-state index is 11.5. The van der Waals surface area contributed by atoms with Crippen LogP contribution in [0.2, 0.25) is 0 Å². The lowest BCUT2D eigenvalue weighted by Gasteiger charge is -2.01. The van der Waals surface area contributed by atoms with E-state index in [4.69, 9.17) is 0 Å². The molecule has 0 atom stereocenters. The summed E-state index contributed by atoms with van der Waals surface area (Å²) in [5.74, 6) is -1.05. The number of hydrogen-bond acceptors (Lipinski definition) is 7. The largest absolute Gasteiger partial charge is 0.464 e. The zero-order chi connectivity index (χ0) is 14.4. The lowest BCUT2D eigenvalue weighted by Crippen LogP contribution is -2.16. The molecule has 1 aromatic rings. The Morgan fingerprint density at radius 2 is 1.32 bits per heavy atom. The van der Waals surface area contributed by atoms with Crippen molar-refractivity contribution in [1.82, 2.24) is 0 Å². The number of methoxy groups -OCH3 is 2. The fourth-order valence-corrected chi connectivity index (χ4v) is 2.44. The van der Waals surface area contributed by atoms with E-state index in [2.05, 4.69) is 19.5 Å². The highest BCUT2D eigenvalue weighted by Gasteiger charge is 2.20. The third-order valence-corrected chi connectivity index (χ3v) is 3.38. The minimum Gasteiger partial charge on any atom is -0.464 e. The van der Waals surface area contributed by atoms with Crippen molar-refractivity contribution in [2.75, 3.05) is 28.3 Å². The van der Waals surface area contributed by atoms with E-state index in [1.54, 1.807) is 12.1 Å². The number of aliphatic imine (C=N–C) groups is 2. The van der Waals surface area contributed by atoms with Crippen molar-refractivity contribution in [3.63, 3.8) is 0 Å². The molecule has 0 fully saturated rings. The van der Waals surface area contributed by atoms with Gasteiger partial charge in [-0.3, -0.25) is 9.98 Å². The minimum absolute atomic E-state index is 0.207. The molecule has 1 heterocycles. The van der Waals surface area contributed by atoms with Gasteiger partial charge in [-0.2, -0.15) is 0 Å². The highest BCUT2D eigenvalue weighted by Crippen LogP contribution is 2.19. The molecule has 0 aliphatic rings. The molecule has 7 heteroatoms. The van der Waals surface area contributed by atoms with Gasteiger partial charge in [0.05, 0.1) is 24.0 Å². The number of esters is 2. The number of carbonyl (C=O) groups excluding carboxylic acids is 2. The molecule has 0 aliphatic carbocycles. The summed E-state index contributed by atoms with van der Waals surface area (Å²) in [6, 6.07) is 3.38. The van der Waals surface area contributed by atoms with Crippen molar-refractivity contribution in [3.05, 3.63) is 21.9 Å². The zero-order valence-corrected chi connectivity index (χ0v) is 11.9. The second-order valence-corrected chi connectivity index (χ2v) is 4.38. The van der Waals surface area contributed by atoms with Gasteiger partial charge >= 0.3 is 11.9 Å². The van der Waals surface area contributed by atoms with Crippen molar-refractivity contribution in [3.8, 4) is 0 Å². The van der Waals surface area contributed by atoms with Crippen LogP contribution in [0, 0.1) is 0 Å². The molecule has 0 aromatic carbocycles. The van der Waals surface area contributed by atoms with Gasteiger partial charge in [0.25, 0.3) is 0 Å². The number of hydrogen-bond donors (Lipinski definition) is 0. The van der Waals surface area contributed by atoms with Gasteiger partial charge in [0.1, 0.15) is 0 Å². The summed E-state index contributed by atoms with van der Waals surface area (Å²) in [7, 11) is 5.58. The van der Waals surface area contributed by atoms with Crippen molar-refractivity contribution in [2.24, 2.45) is 9.98 Å². The van der Waals surface area contributed by atoms with Gasteiger partial charge in [0.2, 0.25) is 0 Å². The SMILES string of the molecule is CN=C(C(=O)OC)c1ccc(C(=NC)C(=O)OC)s1. The van der Waals surface area contributed by atoms with E-state index < -0.39 is 11.9 Å². The molecule has 6 nitrogen and oxygen atoms in total. The van der Waals surface area contributed by atoms with Crippen molar-refractivity contribution < 1.29 is 19.1 Å². The van der Waals surface area contributed by atoms with Crippen LogP contribution in [-0.2, 0) is 19.1 Å². The van der Waals surface area contributed by atoms with Crippen LogP contribution in [0.1, 0.15) is 9.75 Å². The number of carbonyl (C=O) groups is 2. The maximum atomic E-state index is 11.5. The van der Waals surface area contributed by atoms with Crippen molar-refractivity contribution in [1.29, 1.82) is 0 Å². The highest BCUT2D eigenvalue weighted by atomic mass is 32.1. The molecular weight excluding hydrogens is 268 g/mol. The molecule has 0 radical (unpaired) electrons. The van der Waals surface area contributed by atoms with Gasteiger partial charge in [-0.05, 0) is 12.1 Å². The number of rotatable bonds is 4. The van der Waals surface area contributed by atoms with Crippen LogP contribution in [0.25, 0.3) is 0 Å². The Labute approximate surface area is 114 Å². The second kappa shape index (κ2) is 6.79. The summed E-state index contributed by atoms with van der Waals surface area (Å²) >= 11 is 1.22. The highest BCUT2D eigenvalue weighted by molar-refractivity contribution is 7.17. The van der Waals surface area contributed by atoms with Crippen LogP contribution >= 0.6 is 11.3 Å². The molecule has 0 bridgehead atoms. The molecule has 0 saturated carbocycles. The van der Waals surface area contributed by atoms with E-state index in [1.165, 1.54) is 39.7 Å². The molecule has 0 aliphatic heterocycles. The van der Waals surface area contributed by atoms with Gasteiger partial charge in [-0.25, -0.2) is 9.59 Å². The first-order chi connectivity index (χ1) is 9.08. The minimum atomic E-state index is -0.524. The van der Waals surface area contributed by atoms with E-state index in [0.29, 0.717) is 9.75 Å². The average molecular weight is 282 g/mol. The van der Waals surface area contributed by atoms with Crippen LogP contribution in [0.3, 0.4) is 0 Å². The zero-order valence-electron chi connectivity index (χ0n) is 11.1. The summed E-state index contributed by atoms with van der Waals surface area (Å²) in [4.78, 5) is 32.0. The lowest BCUT2D eigenvalue weighted by molar-refractivity contribution is -0.133. The predicted octanol–water partition coefficient (Wildman–Crippen LogP) is 0.932. The Kier molecular flexibility index (Phi) is 5.37. The smallest absolute Gasteiger partial charge is 0.357 e. The van der Waals surface area contributed by atoms with Gasteiger partial charge < -0.3 is 9.47 Å². The Morgan fingerprint density at radius 1 is 0.947 bits per heavy atom.